The quantitative estimate of drug-likeness (QED) is 0.919. The Morgan fingerprint density at radius 2 is 1.79 bits per heavy atom. The van der Waals surface area contributed by atoms with E-state index < -0.39 is 0 Å². The molecule has 1 aromatic carbocycles. The van der Waals surface area contributed by atoms with Gasteiger partial charge in [0, 0.05) is 11.5 Å². The summed E-state index contributed by atoms with van der Waals surface area (Å²) in [4.78, 5) is 19.9. The number of hydrogen-bond donors (Lipinski definition) is 1. The molecule has 4 nitrogen and oxygen atoms in total. The van der Waals surface area contributed by atoms with Crippen LogP contribution in [0.1, 0.15) is 12.8 Å². The van der Waals surface area contributed by atoms with Crippen molar-refractivity contribution < 1.29 is 9.18 Å². The Kier molecular flexibility index (Phi) is 2.95. The molecule has 2 aromatic rings. The molecule has 0 bridgehead atoms. The number of halogens is 1. The van der Waals surface area contributed by atoms with Gasteiger partial charge in [0.25, 0.3) is 0 Å². The molecule has 5 heteroatoms. The molecule has 0 spiro atoms. The molecule has 0 saturated heterocycles. The molecule has 0 unspecified atom stereocenters. The average molecular weight is 257 g/mol. The van der Waals surface area contributed by atoms with Crippen LogP contribution >= 0.6 is 0 Å². The van der Waals surface area contributed by atoms with Crippen molar-refractivity contribution in [3.8, 4) is 11.4 Å². The van der Waals surface area contributed by atoms with Gasteiger partial charge in [-0.05, 0) is 37.1 Å². The first-order valence-electron chi connectivity index (χ1n) is 6.11. The summed E-state index contributed by atoms with van der Waals surface area (Å²) < 4.78 is 12.8. The van der Waals surface area contributed by atoms with Crippen molar-refractivity contribution in [2.45, 2.75) is 12.8 Å². The second-order valence-corrected chi connectivity index (χ2v) is 4.57. The third-order valence-electron chi connectivity index (χ3n) is 2.97. The molecule has 1 heterocycles. The van der Waals surface area contributed by atoms with Crippen LogP contribution in [0.3, 0.4) is 0 Å². The first kappa shape index (κ1) is 11.8. The third-order valence-corrected chi connectivity index (χ3v) is 2.97. The number of aromatic nitrogens is 2. The second-order valence-electron chi connectivity index (χ2n) is 4.57. The summed E-state index contributed by atoms with van der Waals surface area (Å²) in [6.07, 6.45) is 5.04. The highest BCUT2D eigenvalue weighted by atomic mass is 19.1. The number of hydrogen-bond acceptors (Lipinski definition) is 3. The molecule has 1 aliphatic carbocycles. The zero-order valence-electron chi connectivity index (χ0n) is 10.1. The zero-order chi connectivity index (χ0) is 13.2. The molecule has 1 amide bonds. The lowest BCUT2D eigenvalue weighted by molar-refractivity contribution is -0.117. The van der Waals surface area contributed by atoms with E-state index in [2.05, 4.69) is 15.3 Å². The van der Waals surface area contributed by atoms with E-state index >= 15 is 0 Å². The van der Waals surface area contributed by atoms with Gasteiger partial charge in [-0.25, -0.2) is 14.4 Å². The predicted octanol–water partition coefficient (Wildman–Crippen LogP) is 2.63. The molecule has 0 atom stereocenters. The van der Waals surface area contributed by atoms with Gasteiger partial charge >= 0.3 is 0 Å². The Morgan fingerprint density at radius 1 is 1.16 bits per heavy atom. The maximum absolute atomic E-state index is 12.8. The molecule has 96 valence electrons. The standard InChI is InChI=1S/C14H12FN3O/c15-11-5-3-9(4-6-11)13-16-7-12(8-17-13)18-14(19)10-1-2-10/h3-8,10H,1-2H2,(H,18,19). The number of amides is 1. The van der Waals surface area contributed by atoms with Crippen LogP contribution in [-0.4, -0.2) is 15.9 Å². The number of carbonyl (C=O) groups excluding carboxylic acids is 1. The Hall–Kier alpha value is -2.30. The summed E-state index contributed by atoms with van der Waals surface area (Å²) in [6, 6.07) is 5.96. The minimum Gasteiger partial charge on any atom is -0.323 e. The third kappa shape index (κ3) is 2.76. The summed E-state index contributed by atoms with van der Waals surface area (Å²) in [5.41, 5.74) is 1.32. The lowest BCUT2D eigenvalue weighted by atomic mass is 10.2. The van der Waals surface area contributed by atoms with Gasteiger partial charge in [-0.3, -0.25) is 4.79 Å². The SMILES string of the molecule is O=C(Nc1cnc(-c2ccc(F)cc2)nc1)C1CC1. The molecule has 1 saturated carbocycles. The van der Waals surface area contributed by atoms with Crippen LogP contribution in [0.4, 0.5) is 10.1 Å². The van der Waals surface area contributed by atoms with Crippen LogP contribution in [0, 0.1) is 11.7 Å². The maximum Gasteiger partial charge on any atom is 0.227 e. The molecule has 3 rings (SSSR count). The van der Waals surface area contributed by atoms with E-state index in [0.717, 1.165) is 18.4 Å². The van der Waals surface area contributed by atoms with Gasteiger partial charge in [0.2, 0.25) is 5.91 Å². The maximum atomic E-state index is 12.8. The first-order chi connectivity index (χ1) is 9.22. The highest BCUT2D eigenvalue weighted by Crippen LogP contribution is 2.30. The largest absolute Gasteiger partial charge is 0.323 e. The molecule has 1 N–H and O–H groups in total. The van der Waals surface area contributed by atoms with Crippen molar-refractivity contribution in [2.75, 3.05) is 5.32 Å². The van der Waals surface area contributed by atoms with Crippen molar-refractivity contribution in [2.24, 2.45) is 5.92 Å². The van der Waals surface area contributed by atoms with E-state index in [-0.39, 0.29) is 17.6 Å². The molecule has 1 aliphatic rings. The van der Waals surface area contributed by atoms with Crippen molar-refractivity contribution in [1.82, 2.24) is 9.97 Å². The molecule has 19 heavy (non-hydrogen) atoms. The van der Waals surface area contributed by atoms with E-state index in [4.69, 9.17) is 0 Å². The van der Waals surface area contributed by atoms with Crippen molar-refractivity contribution in [1.29, 1.82) is 0 Å². The number of nitrogens with zero attached hydrogens (tertiary/aromatic N) is 2. The molecular formula is C14H12FN3O. The van der Waals surface area contributed by atoms with Gasteiger partial charge < -0.3 is 5.32 Å². The van der Waals surface area contributed by atoms with Crippen LogP contribution < -0.4 is 5.32 Å². The summed E-state index contributed by atoms with van der Waals surface area (Å²) in [7, 11) is 0. The van der Waals surface area contributed by atoms with Crippen LogP contribution in [0.5, 0.6) is 0 Å². The number of nitrogens with one attached hydrogen (secondary N) is 1. The predicted molar refractivity (Wildman–Crippen MR) is 68.8 cm³/mol. The van der Waals surface area contributed by atoms with E-state index in [0.29, 0.717) is 11.5 Å². The van der Waals surface area contributed by atoms with Gasteiger partial charge in [-0.2, -0.15) is 0 Å². The summed E-state index contributed by atoms with van der Waals surface area (Å²) in [5.74, 6) is 0.386. The van der Waals surface area contributed by atoms with Gasteiger partial charge in [-0.1, -0.05) is 0 Å². The van der Waals surface area contributed by atoms with Crippen LogP contribution in [-0.2, 0) is 4.79 Å². The van der Waals surface area contributed by atoms with Crippen LogP contribution in [0.2, 0.25) is 0 Å². The Balaban J connectivity index is 1.74. The summed E-state index contributed by atoms with van der Waals surface area (Å²) >= 11 is 0. The molecule has 1 aromatic heterocycles. The average Bonchev–Trinajstić information content (AvgIpc) is 3.25. The fourth-order valence-electron chi connectivity index (χ4n) is 1.73. The molecule has 0 aliphatic heterocycles. The fourth-order valence-corrected chi connectivity index (χ4v) is 1.73. The monoisotopic (exact) mass is 257 g/mol. The van der Waals surface area contributed by atoms with Crippen LogP contribution in [0.15, 0.2) is 36.7 Å². The second kappa shape index (κ2) is 4.76. The zero-order valence-corrected chi connectivity index (χ0v) is 10.1. The van der Waals surface area contributed by atoms with Crippen molar-refractivity contribution in [3.63, 3.8) is 0 Å². The summed E-state index contributed by atoms with van der Waals surface area (Å²) in [5, 5.41) is 2.77. The molecular weight excluding hydrogens is 245 g/mol. The van der Waals surface area contributed by atoms with E-state index in [1.54, 1.807) is 24.5 Å². The van der Waals surface area contributed by atoms with Gasteiger partial charge in [-0.15, -0.1) is 0 Å². The topological polar surface area (TPSA) is 54.9 Å². The minimum atomic E-state index is -0.294. The minimum absolute atomic E-state index is 0.0260. The van der Waals surface area contributed by atoms with Gasteiger partial charge in [0.05, 0.1) is 18.1 Å². The Bertz CT molecular complexity index is 591. The highest BCUT2D eigenvalue weighted by molar-refractivity contribution is 5.93. The Morgan fingerprint density at radius 3 is 2.37 bits per heavy atom. The van der Waals surface area contributed by atoms with E-state index in [1.165, 1.54) is 12.1 Å². The molecule has 0 radical (unpaired) electrons. The highest BCUT2D eigenvalue weighted by Gasteiger charge is 2.29. The smallest absolute Gasteiger partial charge is 0.227 e. The number of anilines is 1. The fraction of sp³-hybridized carbons (Fsp3) is 0.214. The Labute approximate surface area is 109 Å². The van der Waals surface area contributed by atoms with Crippen LogP contribution in [0.25, 0.3) is 11.4 Å². The number of benzene rings is 1. The summed E-state index contributed by atoms with van der Waals surface area (Å²) in [6.45, 7) is 0. The molecule has 1 fully saturated rings. The van der Waals surface area contributed by atoms with Crippen molar-refractivity contribution in [3.05, 3.63) is 42.5 Å². The lowest BCUT2D eigenvalue weighted by Crippen LogP contribution is -2.13. The first-order valence-corrected chi connectivity index (χ1v) is 6.11. The lowest BCUT2D eigenvalue weighted by Gasteiger charge is -2.04. The number of rotatable bonds is 3. The van der Waals surface area contributed by atoms with Crippen molar-refractivity contribution >= 4 is 11.6 Å². The van der Waals surface area contributed by atoms with E-state index in [9.17, 15) is 9.18 Å². The number of carbonyl (C=O) groups is 1. The van der Waals surface area contributed by atoms with E-state index in [1.807, 2.05) is 0 Å². The normalized spacial score (nSPS) is 14.2. The van der Waals surface area contributed by atoms with Gasteiger partial charge in [0.15, 0.2) is 5.82 Å². The van der Waals surface area contributed by atoms with Gasteiger partial charge in [0.1, 0.15) is 5.82 Å².